The van der Waals surface area contributed by atoms with Gasteiger partial charge in [0.05, 0.1) is 0 Å². The maximum absolute atomic E-state index is 5.82. The van der Waals surface area contributed by atoms with Crippen molar-refractivity contribution in [1.82, 2.24) is 4.98 Å². The molecule has 0 N–H and O–H groups in total. The van der Waals surface area contributed by atoms with Gasteiger partial charge < -0.3 is 4.42 Å². The Labute approximate surface area is 151 Å². The summed E-state index contributed by atoms with van der Waals surface area (Å²) in [5.41, 5.74) is 5.13. The molecule has 0 atom stereocenters. The molecule has 3 heteroatoms. The summed E-state index contributed by atoms with van der Waals surface area (Å²) in [7, 11) is 0. The van der Waals surface area contributed by atoms with E-state index < -0.39 is 0 Å². The van der Waals surface area contributed by atoms with Gasteiger partial charge in [0.25, 0.3) is 0 Å². The van der Waals surface area contributed by atoms with Crippen molar-refractivity contribution >= 4 is 35.0 Å². The highest BCUT2D eigenvalue weighted by atomic mass is 32.2. The lowest BCUT2D eigenvalue weighted by molar-refractivity contribution is 0.590. The zero-order chi connectivity index (χ0) is 17.1. The third-order valence-electron chi connectivity index (χ3n) is 4.05. The lowest BCUT2D eigenvalue weighted by Gasteiger charge is -1.99. The highest BCUT2D eigenvalue weighted by Crippen LogP contribution is 2.25. The Morgan fingerprint density at radius 3 is 2.40 bits per heavy atom. The second kappa shape index (κ2) is 6.99. The second-order valence-electron chi connectivity index (χ2n) is 5.71. The summed E-state index contributed by atoms with van der Waals surface area (Å²) in [6.07, 6.45) is 6.01. The Hall–Kier alpha value is -2.78. The van der Waals surface area contributed by atoms with E-state index in [9.17, 15) is 0 Å². The molecule has 4 rings (SSSR count). The minimum absolute atomic E-state index is 0.620. The van der Waals surface area contributed by atoms with E-state index in [0.29, 0.717) is 5.89 Å². The predicted octanol–water partition coefficient (Wildman–Crippen LogP) is 6.39. The molecular formula is C22H17NOS. The average molecular weight is 343 g/mol. The van der Waals surface area contributed by atoms with Crippen molar-refractivity contribution in [3.8, 4) is 11.1 Å². The molecule has 1 heterocycles. The fraction of sp³-hybridized carbons (Fsp3) is 0.0455. The SMILES string of the molecule is CSc1ccc(C=Cc2nc3cc(-c4ccccc4)ccc3o2)cc1. The van der Waals surface area contributed by atoms with Crippen molar-refractivity contribution in [2.75, 3.05) is 6.26 Å². The van der Waals surface area contributed by atoms with Crippen molar-refractivity contribution in [3.05, 3.63) is 84.3 Å². The molecule has 0 bridgehead atoms. The lowest BCUT2D eigenvalue weighted by atomic mass is 10.1. The number of oxazole rings is 1. The molecule has 0 amide bonds. The zero-order valence-electron chi connectivity index (χ0n) is 13.8. The third-order valence-corrected chi connectivity index (χ3v) is 4.79. The fourth-order valence-corrected chi connectivity index (χ4v) is 3.12. The van der Waals surface area contributed by atoms with Crippen LogP contribution in [0.15, 0.2) is 82.1 Å². The van der Waals surface area contributed by atoms with Crippen LogP contribution in [0.3, 0.4) is 0 Å². The summed E-state index contributed by atoms with van der Waals surface area (Å²) >= 11 is 1.74. The van der Waals surface area contributed by atoms with Crippen LogP contribution in [0, 0.1) is 0 Å². The number of fused-ring (bicyclic) bond motifs is 1. The molecule has 4 aromatic rings. The Morgan fingerprint density at radius 2 is 1.64 bits per heavy atom. The molecule has 0 saturated heterocycles. The van der Waals surface area contributed by atoms with Crippen LogP contribution in [0.4, 0.5) is 0 Å². The van der Waals surface area contributed by atoms with Crippen molar-refractivity contribution < 1.29 is 4.42 Å². The molecule has 0 spiro atoms. The molecular weight excluding hydrogens is 326 g/mol. The van der Waals surface area contributed by atoms with Gasteiger partial charge >= 0.3 is 0 Å². The standard InChI is InChI=1S/C22H17NOS/c1-25-19-11-7-16(8-12-19)9-14-22-23-20-15-18(10-13-21(20)24-22)17-5-3-2-4-6-17/h2-15H,1H3. The first kappa shape index (κ1) is 15.7. The number of benzene rings is 3. The van der Waals surface area contributed by atoms with E-state index in [1.807, 2.05) is 36.4 Å². The van der Waals surface area contributed by atoms with E-state index >= 15 is 0 Å². The molecule has 2 nitrogen and oxygen atoms in total. The third kappa shape index (κ3) is 3.52. The number of hydrogen-bond acceptors (Lipinski definition) is 3. The summed E-state index contributed by atoms with van der Waals surface area (Å²) < 4.78 is 5.82. The van der Waals surface area contributed by atoms with Crippen molar-refractivity contribution in [2.45, 2.75) is 4.90 Å². The Morgan fingerprint density at radius 1 is 0.840 bits per heavy atom. The van der Waals surface area contributed by atoms with Crippen molar-refractivity contribution in [3.63, 3.8) is 0 Å². The van der Waals surface area contributed by atoms with Crippen LogP contribution in [-0.4, -0.2) is 11.2 Å². The minimum Gasteiger partial charge on any atom is -0.437 e. The van der Waals surface area contributed by atoms with Gasteiger partial charge in [-0.25, -0.2) is 4.98 Å². The molecule has 0 saturated carbocycles. The smallest absolute Gasteiger partial charge is 0.220 e. The Bertz CT molecular complexity index is 1020. The van der Waals surface area contributed by atoms with Gasteiger partial charge in [-0.05, 0) is 53.3 Å². The van der Waals surface area contributed by atoms with Gasteiger partial charge in [0, 0.05) is 11.0 Å². The summed E-state index contributed by atoms with van der Waals surface area (Å²) in [6.45, 7) is 0. The molecule has 0 fully saturated rings. The van der Waals surface area contributed by atoms with Crippen molar-refractivity contribution in [1.29, 1.82) is 0 Å². The van der Waals surface area contributed by atoms with E-state index in [1.165, 1.54) is 10.5 Å². The topological polar surface area (TPSA) is 26.0 Å². The molecule has 25 heavy (non-hydrogen) atoms. The quantitative estimate of drug-likeness (QED) is 0.402. The van der Waals surface area contributed by atoms with Crippen LogP contribution in [-0.2, 0) is 0 Å². The fourth-order valence-electron chi connectivity index (χ4n) is 2.71. The Balaban J connectivity index is 1.61. The van der Waals surface area contributed by atoms with Gasteiger partial charge in [-0.3, -0.25) is 0 Å². The predicted molar refractivity (Wildman–Crippen MR) is 107 cm³/mol. The summed E-state index contributed by atoms with van der Waals surface area (Å²) in [6, 6.07) is 24.8. The first-order chi connectivity index (χ1) is 12.3. The van der Waals surface area contributed by atoms with Crippen LogP contribution in [0.2, 0.25) is 0 Å². The first-order valence-corrected chi connectivity index (χ1v) is 9.32. The van der Waals surface area contributed by atoms with E-state index in [4.69, 9.17) is 4.42 Å². The molecule has 0 radical (unpaired) electrons. The van der Waals surface area contributed by atoms with Gasteiger partial charge in [-0.1, -0.05) is 48.5 Å². The van der Waals surface area contributed by atoms with Gasteiger partial charge in [0.1, 0.15) is 5.52 Å². The van der Waals surface area contributed by atoms with Crippen LogP contribution in [0.1, 0.15) is 11.5 Å². The van der Waals surface area contributed by atoms with E-state index in [0.717, 1.165) is 22.2 Å². The van der Waals surface area contributed by atoms with Crippen LogP contribution in [0.25, 0.3) is 34.4 Å². The van der Waals surface area contributed by atoms with Gasteiger partial charge in [0.2, 0.25) is 5.89 Å². The number of aromatic nitrogens is 1. The summed E-state index contributed by atoms with van der Waals surface area (Å²) in [5.74, 6) is 0.620. The second-order valence-corrected chi connectivity index (χ2v) is 6.59. The molecule has 122 valence electrons. The summed E-state index contributed by atoms with van der Waals surface area (Å²) in [4.78, 5) is 5.85. The number of hydrogen-bond donors (Lipinski definition) is 0. The Kier molecular flexibility index (Phi) is 4.40. The highest BCUT2D eigenvalue weighted by Gasteiger charge is 2.05. The van der Waals surface area contributed by atoms with Gasteiger partial charge in [-0.15, -0.1) is 11.8 Å². The normalized spacial score (nSPS) is 11.4. The van der Waals surface area contributed by atoms with Gasteiger partial charge in [-0.2, -0.15) is 0 Å². The maximum Gasteiger partial charge on any atom is 0.220 e. The largest absolute Gasteiger partial charge is 0.437 e. The average Bonchev–Trinajstić information content (AvgIpc) is 3.09. The number of nitrogens with zero attached hydrogens (tertiary/aromatic N) is 1. The van der Waals surface area contributed by atoms with Crippen LogP contribution >= 0.6 is 11.8 Å². The zero-order valence-corrected chi connectivity index (χ0v) is 14.7. The number of thioether (sulfide) groups is 1. The first-order valence-electron chi connectivity index (χ1n) is 8.10. The molecule has 0 aliphatic carbocycles. The molecule has 0 unspecified atom stereocenters. The molecule has 1 aromatic heterocycles. The van der Waals surface area contributed by atoms with Crippen molar-refractivity contribution in [2.24, 2.45) is 0 Å². The molecule has 0 aliphatic heterocycles. The number of rotatable bonds is 4. The monoisotopic (exact) mass is 343 g/mol. The maximum atomic E-state index is 5.82. The molecule has 3 aromatic carbocycles. The minimum atomic E-state index is 0.620. The van der Waals surface area contributed by atoms with E-state index in [-0.39, 0.29) is 0 Å². The van der Waals surface area contributed by atoms with E-state index in [2.05, 4.69) is 59.8 Å². The van der Waals surface area contributed by atoms with Crippen LogP contribution < -0.4 is 0 Å². The summed E-state index contributed by atoms with van der Waals surface area (Å²) in [5, 5.41) is 0. The van der Waals surface area contributed by atoms with E-state index in [1.54, 1.807) is 11.8 Å². The van der Waals surface area contributed by atoms with Crippen LogP contribution in [0.5, 0.6) is 0 Å². The lowest BCUT2D eigenvalue weighted by Crippen LogP contribution is -1.77. The van der Waals surface area contributed by atoms with Gasteiger partial charge in [0.15, 0.2) is 5.58 Å². The highest BCUT2D eigenvalue weighted by molar-refractivity contribution is 7.98. The molecule has 0 aliphatic rings.